The number of hydrogen-bond donors (Lipinski definition) is 1. The molecule has 3 rings (SSSR count). The number of ether oxygens (including phenoxy) is 1. The number of rotatable bonds is 5. The van der Waals surface area contributed by atoms with Gasteiger partial charge in [0.15, 0.2) is 0 Å². The largest absolute Gasteiger partial charge is 0.488 e. The second-order valence-corrected chi connectivity index (χ2v) is 5.51. The molecule has 0 aliphatic carbocycles. The second-order valence-electron chi connectivity index (χ2n) is 5.07. The summed E-state index contributed by atoms with van der Waals surface area (Å²) in [6.07, 6.45) is 5.30. The van der Waals surface area contributed by atoms with E-state index in [0.717, 1.165) is 22.6 Å². The first-order valence-electron chi connectivity index (χ1n) is 7.44. The van der Waals surface area contributed by atoms with Crippen molar-refractivity contribution in [1.29, 1.82) is 0 Å². The molecular weight excluding hydrogens is 358 g/mol. The SMILES string of the molecule is C=C(c1ccccc1OCc1cccc(Cl)c1)n1ccnc1.O=[N+]([O-])O. The molecule has 2 aromatic carbocycles. The summed E-state index contributed by atoms with van der Waals surface area (Å²) in [6.45, 7) is 4.57. The molecule has 0 radical (unpaired) electrons. The van der Waals surface area contributed by atoms with Crippen molar-refractivity contribution in [2.45, 2.75) is 6.61 Å². The van der Waals surface area contributed by atoms with Crippen molar-refractivity contribution < 1.29 is 15.0 Å². The highest BCUT2D eigenvalue weighted by Gasteiger charge is 2.08. The molecular formula is C18H16ClN3O4. The maximum absolute atomic E-state index is 8.36. The Morgan fingerprint density at radius 2 is 2.04 bits per heavy atom. The molecule has 8 heteroatoms. The smallest absolute Gasteiger partial charge is 0.291 e. The van der Waals surface area contributed by atoms with E-state index in [1.165, 1.54) is 0 Å². The monoisotopic (exact) mass is 373 g/mol. The molecule has 1 aromatic heterocycles. The molecule has 0 amide bonds. The lowest BCUT2D eigenvalue weighted by atomic mass is 10.1. The Bertz CT molecular complexity index is 878. The number of nitrogens with zero attached hydrogens (tertiary/aromatic N) is 3. The number of para-hydroxylation sites is 1. The van der Waals surface area contributed by atoms with E-state index >= 15 is 0 Å². The maximum atomic E-state index is 8.36. The van der Waals surface area contributed by atoms with Crippen LogP contribution in [0.15, 0.2) is 73.8 Å². The Balaban J connectivity index is 0.000000552. The number of aromatic nitrogens is 2. The number of hydrogen-bond acceptors (Lipinski definition) is 4. The predicted molar refractivity (Wildman–Crippen MR) is 97.7 cm³/mol. The molecule has 0 bridgehead atoms. The Morgan fingerprint density at radius 3 is 2.69 bits per heavy atom. The first-order chi connectivity index (χ1) is 12.5. The molecule has 3 aromatic rings. The molecule has 0 aliphatic rings. The lowest BCUT2D eigenvalue weighted by molar-refractivity contribution is -0.742. The van der Waals surface area contributed by atoms with E-state index in [2.05, 4.69) is 11.6 Å². The number of benzene rings is 2. The zero-order valence-electron chi connectivity index (χ0n) is 13.7. The van der Waals surface area contributed by atoms with Gasteiger partial charge in [-0.05, 0) is 29.8 Å². The predicted octanol–water partition coefficient (Wildman–Crippen LogP) is 4.29. The van der Waals surface area contributed by atoms with Crippen molar-refractivity contribution in [2.75, 3.05) is 0 Å². The van der Waals surface area contributed by atoms with Crippen molar-refractivity contribution in [3.63, 3.8) is 0 Å². The lowest BCUT2D eigenvalue weighted by Crippen LogP contribution is -2.01. The second kappa shape index (κ2) is 9.24. The van der Waals surface area contributed by atoms with Gasteiger partial charge in [-0.2, -0.15) is 0 Å². The van der Waals surface area contributed by atoms with Gasteiger partial charge in [0.05, 0.1) is 12.0 Å². The van der Waals surface area contributed by atoms with Gasteiger partial charge in [-0.1, -0.05) is 42.4 Å². The highest BCUT2D eigenvalue weighted by molar-refractivity contribution is 6.30. The van der Waals surface area contributed by atoms with Gasteiger partial charge < -0.3 is 14.5 Å². The van der Waals surface area contributed by atoms with Crippen LogP contribution in [0.5, 0.6) is 5.75 Å². The Morgan fingerprint density at radius 1 is 1.31 bits per heavy atom. The molecule has 0 atom stereocenters. The van der Waals surface area contributed by atoms with E-state index in [9.17, 15) is 0 Å². The summed E-state index contributed by atoms with van der Waals surface area (Å²) in [5.41, 5.74) is 2.78. The standard InChI is InChI=1S/C18H15ClN2O.HNO3/c1-14(21-10-9-20-13-21)17-7-2-3-8-18(17)22-12-15-5-4-6-16(19)11-15;2-1(3)4/h2-11,13H,1,12H2;(H,2,3,4). The molecule has 134 valence electrons. The van der Waals surface area contributed by atoms with Crippen molar-refractivity contribution in [3.05, 3.63) is 100 Å². The third-order valence-electron chi connectivity index (χ3n) is 3.30. The summed E-state index contributed by atoms with van der Waals surface area (Å²) < 4.78 is 7.81. The van der Waals surface area contributed by atoms with Gasteiger partial charge in [-0.15, -0.1) is 10.1 Å². The fraction of sp³-hybridized carbons (Fsp3) is 0.0556. The molecule has 1 heterocycles. The maximum Gasteiger partial charge on any atom is 0.291 e. The van der Waals surface area contributed by atoms with Crippen LogP contribution in [0.1, 0.15) is 11.1 Å². The molecule has 0 fully saturated rings. The fourth-order valence-corrected chi connectivity index (χ4v) is 2.39. The first-order valence-corrected chi connectivity index (χ1v) is 7.82. The summed E-state index contributed by atoms with van der Waals surface area (Å²) in [5, 5.41) is 14.3. The summed E-state index contributed by atoms with van der Waals surface area (Å²) >= 11 is 6.00. The Kier molecular flexibility index (Phi) is 6.75. The van der Waals surface area contributed by atoms with Crippen LogP contribution in [0.3, 0.4) is 0 Å². The van der Waals surface area contributed by atoms with Crippen molar-refractivity contribution in [1.82, 2.24) is 9.55 Å². The zero-order chi connectivity index (χ0) is 18.9. The topological polar surface area (TPSA) is 90.4 Å². The Labute approximate surface area is 154 Å². The summed E-state index contributed by atoms with van der Waals surface area (Å²) in [6, 6.07) is 15.5. The van der Waals surface area contributed by atoms with Gasteiger partial charge in [0, 0.05) is 23.0 Å². The minimum Gasteiger partial charge on any atom is -0.488 e. The van der Waals surface area contributed by atoms with E-state index in [0.29, 0.717) is 11.6 Å². The zero-order valence-corrected chi connectivity index (χ0v) is 14.4. The molecule has 0 saturated carbocycles. The molecule has 26 heavy (non-hydrogen) atoms. The van der Waals surface area contributed by atoms with Gasteiger partial charge >= 0.3 is 0 Å². The molecule has 7 nitrogen and oxygen atoms in total. The van der Waals surface area contributed by atoms with Gasteiger partial charge in [0.25, 0.3) is 5.09 Å². The first kappa shape index (κ1) is 19.0. The summed E-state index contributed by atoms with van der Waals surface area (Å²) in [4.78, 5) is 12.4. The van der Waals surface area contributed by atoms with E-state index in [1.54, 1.807) is 12.5 Å². The van der Waals surface area contributed by atoms with E-state index < -0.39 is 5.09 Å². The average Bonchev–Trinajstić information content (AvgIpc) is 3.14. The van der Waals surface area contributed by atoms with Crippen LogP contribution in [0.25, 0.3) is 5.70 Å². The van der Waals surface area contributed by atoms with Crippen LogP contribution in [0.2, 0.25) is 5.02 Å². The highest BCUT2D eigenvalue weighted by atomic mass is 35.5. The van der Waals surface area contributed by atoms with Gasteiger partial charge in [-0.3, -0.25) is 0 Å². The lowest BCUT2D eigenvalue weighted by Gasteiger charge is -2.14. The normalized spacial score (nSPS) is 9.73. The van der Waals surface area contributed by atoms with Crippen LogP contribution in [0.4, 0.5) is 0 Å². The van der Waals surface area contributed by atoms with E-state index in [-0.39, 0.29) is 0 Å². The number of imidazole rings is 1. The molecule has 0 spiro atoms. The van der Waals surface area contributed by atoms with Crippen LogP contribution in [-0.2, 0) is 6.61 Å². The van der Waals surface area contributed by atoms with E-state index in [4.69, 9.17) is 31.7 Å². The number of halogens is 1. The van der Waals surface area contributed by atoms with Crippen molar-refractivity contribution in [3.8, 4) is 5.75 Å². The summed E-state index contributed by atoms with van der Waals surface area (Å²) in [7, 11) is 0. The fourth-order valence-electron chi connectivity index (χ4n) is 2.18. The van der Waals surface area contributed by atoms with Crippen molar-refractivity contribution in [2.24, 2.45) is 0 Å². The van der Waals surface area contributed by atoms with Crippen LogP contribution in [-0.4, -0.2) is 19.8 Å². The van der Waals surface area contributed by atoms with Crippen LogP contribution in [0, 0.1) is 10.1 Å². The summed E-state index contributed by atoms with van der Waals surface area (Å²) in [5.74, 6) is 0.779. The third-order valence-corrected chi connectivity index (χ3v) is 3.53. The molecule has 1 N–H and O–H groups in total. The quantitative estimate of drug-likeness (QED) is 0.532. The van der Waals surface area contributed by atoms with Gasteiger partial charge in [0.2, 0.25) is 0 Å². The Hall–Kier alpha value is -3.32. The van der Waals surface area contributed by atoms with Crippen LogP contribution >= 0.6 is 11.6 Å². The van der Waals surface area contributed by atoms with Gasteiger partial charge in [-0.25, -0.2) is 4.98 Å². The minimum atomic E-state index is -1.50. The minimum absolute atomic E-state index is 0.453. The van der Waals surface area contributed by atoms with Crippen molar-refractivity contribution >= 4 is 17.3 Å². The van der Waals surface area contributed by atoms with Crippen LogP contribution < -0.4 is 4.74 Å². The third kappa shape index (κ3) is 5.64. The van der Waals surface area contributed by atoms with E-state index in [1.807, 2.05) is 59.3 Å². The highest BCUT2D eigenvalue weighted by Crippen LogP contribution is 2.26. The van der Waals surface area contributed by atoms with Gasteiger partial charge in [0.1, 0.15) is 12.4 Å². The molecule has 0 saturated heterocycles. The molecule has 0 aliphatic heterocycles. The average molecular weight is 374 g/mol. The molecule has 0 unspecified atom stereocenters.